The van der Waals surface area contributed by atoms with Crippen LogP contribution in [0, 0.1) is 10.1 Å². The third-order valence-corrected chi connectivity index (χ3v) is 4.55. The van der Waals surface area contributed by atoms with Gasteiger partial charge in [-0.3, -0.25) is 14.9 Å². The first kappa shape index (κ1) is 18.6. The predicted octanol–water partition coefficient (Wildman–Crippen LogP) is 3.47. The van der Waals surface area contributed by atoms with Gasteiger partial charge in [-0.15, -0.1) is 0 Å². The molecule has 0 saturated carbocycles. The summed E-state index contributed by atoms with van der Waals surface area (Å²) in [5.41, 5.74) is 1.60. The number of anilines is 1. The number of likely N-dealkylation sites (N-methyl/N-ethyl adjacent to an activating group) is 1. The third-order valence-electron chi connectivity index (χ3n) is 4.20. The monoisotopic (exact) mass is 384 g/mol. The van der Waals surface area contributed by atoms with Crippen LogP contribution in [0.15, 0.2) is 65.6 Å². The van der Waals surface area contributed by atoms with E-state index >= 15 is 0 Å². The molecule has 1 heterocycles. The second-order valence-electron chi connectivity index (χ2n) is 5.99. The van der Waals surface area contributed by atoms with Gasteiger partial charge in [0.05, 0.1) is 22.5 Å². The minimum absolute atomic E-state index is 0.0546. The molecule has 0 N–H and O–H groups in total. The molecule has 0 aliphatic heterocycles. The zero-order valence-electron chi connectivity index (χ0n) is 14.6. The third kappa shape index (κ3) is 4.15. The Balaban J connectivity index is 1.82. The lowest BCUT2D eigenvalue weighted by molar-refractivity contribution is -0.384. The van der Waals surface area contributed by atoms with Gasteiger partial charge in [0.2, 0.25) is 0 Å². The molecule has 0 aliphatic carbocycles. The molecule has 0 radical (unpaired) electrons. The van der Waals surface area contributed by atoms with E-state index in [1.54, 1.807) is 0 Å². The quantitative estimate of drug-likeness (QED) is 0.480. The number of non-ortho nitro benzene ring substituents is 1. The maximum atomic E-state index is 12.6. The van der Waals surface area contributed by atoms with E-state index < -0.39 is 10.5 Å². The summed E-state index contributed by atoms with van der Waals surface area (Å²) in [6.45, 7) is 0.673. The van der Waals surface area contributed by atoms with E-state index in [0.29, 0.717) is 17.9 Å². The van der Waals surface area contributed by atoms with Crippen molar-refractivity contribution in [3.05, 3.63) is 91.8 Å². The summed E-state index contributed by atoms with van der Waals surface area (Å²) in [4.78, 5) is 24.7. The number of rotatable bonds is 6. The summed E-state index contributed by atoms with van der Waals surface area (Å²) in [6.07, 6.45) is 2.33. The summed E-state index contributed by atoms with van der Waals surface area (Å²) in [5, 5.41) is 15.0. The van der Waals surface area contributed by atoms with Gasteiger partial charge in [-0.2, -0.15) is 9.78 Å². The van der Waals surface area contributed by atoms with Crippen LogP contribution in [0.25, 0.3) is 5.69 Å². The fourth-order valence-corrected chi connectivity index (χ4v) is 2.92. The molecular formula is C19H17ClN4O3. The molecule has 0 bridgehead atoms. The second kappa shape index (κ2) is 8.01. The van der Waals surface area contributed by atoms with Crippen molar-refractivity contribution in [1.29, 1.82) is 0 Å². The molecule has 0 spiro atoms. The Morgan fingerprint density at radius 2 is 1.81 bits per heavy atom. The van der Waals surface area contributed by atoms with E-state index in [4.69, 9.17) is 11.6 Å². The van der Waals surface area contributed by atoms with Gasteiger partial charge < -0.3 is 4.90 Å². The van der Waals surface area contributed by atoms with Crippen LogP contribution < -0.4 is 10.5 Å². The van der Waals surface area contributed by atoms with Crippen molar-refractivity contribution >= 4 is 23.0 Å². The van der Waals surface area contributed by atoms with Gasteiger partial charge in [0, 0.05) is 25.7 Å². The van der Waals surface area contributed by atoms with E-state index in [0.717, 1.165) is 11.1 Å². The molecule has 3 rings (SSSR count). The summed E-state index contributed by atoms with van der Waals surface area (Å²) in [7, 11) is 1.85. The highest BCUT2D eigenvalue weighted by molar-refractivity contribution is 6.33. The van der Waals surface area contributed by atoms with Crippen molar-refractivity contribution in [2.75, 3.05) is 18.5 Å². The van der Waals surface area contributed by atoms with Gasteiger partial charge in [-0.05, 0) is 24.1 Å². The Morgan fingerprint density at radius 1 is 1.15 bits per heavy atom. The van der Waals surface area contributed by atoms with E-state index in [9.17, 15) is 14.9 Å². The van der Waals surface area contributed by atoms with Crippen molar-refractivity contribution in [2.24, 2.45) is 0 Å². The number of nitro groups is 1. The highest BCUT2D eigenvalue weighted by Crippen LogP contribution is 2.21. The SMILES string of the molecule is CN(CCc1ccccc1)c1cnn(-c2ccc([N+](=O)[O-])cc2)c(=O)c1Cl. The summed E-state index contributed by atoms with van der Waals surface area (Å²) >= 11 is 6.28. The molecular weight excluding hydrogens is 368 g/mol. The standard InChI is InChI=1S/C19H17ClN4O3/c1-22(12-11-14-5-3-2-4-6-14)17-13-21-23(19(25)18(17)20)15-7-9-16(10-8-15)24(26)27/h2-10,13H,11-12H2,1H3. The number of nitro benzene ring substituents is 1. The number of hydrogen-bond donors (Lipinski definition) is 0. The fourth-order valence-electron chi connectivity index (χ4n) is 2.65. The molecule has 1 aromatic heterocycles. The van der Waals surface area contributed by atoms with E-state index in [2.05, 4.69) is 5.10 Å². The Labute approximate surface area is 160 Å². The van der Waals surface area contributed by atoms with Crippen molar-refractivity contribution < 1.29 is 4.92 Å². The molecule has 0 saturated heterocycles. The van der Waals surface area contributed by atoms with Gasteiger partial charge in [-0.1, -0.05) is 41.9 Å². The number of halogens is 1. The van der Waals surface area contributed by atoms with Gasteiger partial charge in [0.25, 0.3) is 11.2 Å². The van der Waals surface area contributed by atoms with Gasteiger partial charge in [0.1, 0.15) is 5.02 Å². The zero-order chi connectivity index (χ0) is 19.4. The maximum Gasteiger partial charge on any atom is 0.292 e. The largest absolute Gasteiger partial charge is 0.372 e. The van der Waals surface area contributed by atoms with E-state index in [-0.39, 0.29) is 10.7 Å². The first-order valence-corrected chi connectivity index (χ1v) is 8.63. The minimum atomic E-state index is -0.502. The summed E-state index contributed by atoms with van der Waals surface area (Å²) in [6, 6.07) is 15.6. The average Bonchev–Trinajstić information content (AvgIpc) is 2.69. The van der Waals surface area contributed by atoms with Crippen LogP contribution in [-0.2, 0) is 6.42 Å². The van der Waals surface area contributed by atoms with Crippen molar-refractivity contribution in [2.45, 2.75) is 6.42 Å². The number of nitrogens with zero attached hydrogens (tertiary/aromatic N) is 4. The smallest absolute Gasteiger partial charge is 0.292 e. The van der Waals surface area contributed by atoms with Gasteiger partial charge in [0.15, 0.2) is 0 Å². The Morgan fingerprint density at radius 3 is 2.44 bits per heavy atom. The molecule has 2 aromatic carbocycles. The van der Waals surface area contributed by atoms with Crippen LogP contribution in [0.1, 0.15) is 5.56 Å². The molecule has 138 valence electrons. The molecule has 27 heavy (non-hydrogen) atoms. The zero-order valence-corrected chi connectivity index (χ0v) is 15.3. The van der Waals surface area contributed by atoms with Crippen molar-refractivity contribution in [3.63, 3.8) is 0 Å². The summed E-state index contributed by atoms with van der Waals surface area (Å²) < 4.78 is 1.13. The number of aromatic nitrogens is 2. The molecule has 0 unspecified atom stereocenters. The molecule has 8 heteroatoms. The van der Waals surface area contributed by atoms with Crippen LogP contribution in [0.4, 0.5) is 11.4 Å². The molecule has 0 aliphatic rings. The molecule has 0 fully saturated rings. The maximum absolute atomic E-state index is 12.6. The minimum Gasteiger partial charge on any atom is -0.372 e. The molecule has 3 aromatic rings. The van der Waals surface area contributed by atoms with Crippen molar-refractivity contribution in [1.82, 2.24) is 9.78 Å². The lowest BCUT2D eigenvalue weighted by Gasteiger charge is -2.20. The van der Waals surface area contributed by atoms with Crippen LogP contribution >= 0.6 is 11.6 Å². The summed E-state index contributed by atoms with van der Waals surface area (Å²) in [5.74, 6) is 0. The second-order valence-corrected chi connectivity index (χ2v) is 6.37. The van der Waals surface area contributed by atoms with Gasteiger partial charge in [-0.25, -0.2) is 0 Å². The highest BCUT2D eigenvalue weighted by Gasteiger charge is 2.14. The molecule has 7 nitrogen and oxygen atoms in total. The number of hydrogen-bond acceptors (Lipinski definition) is 5. The Hall–Kier alpha value is -3.19. The first-order chi connectivity index (χ1) is 13.0. The van der Waals surface area contributed by atoms with E-state index in [1.165, 1.54) is 36.0 Å². The lowest BCUT2D eigenvalue weighted by atomic mass is 10.1. The predicted molar refractivity (Wildman–Crippen MR) is 105 cm³/mol. The van der Waals surface area contributed by atoms with Crippen LogP contribution in [0.2, 0.25) is 5.02 Å². The number of benzene rings is 2. The first-order valence-electron chi connectivity index (χ1n) is 8.25. The van der Waals surface area contributed by atoms with Gasteiger partial charge >= 0.3 is 0 Å². The Kier molecular flexibility index (Phi) is 5.52. The molecule has 0 amide bonds. The van der Waals surface area contributed by atoms with Crippen molar-refractivity contribution in [3.8, 4) is 5.69 Å². The van der Waals surface area contributed by atoms with Crippen LogP contribution in [0.3, 0.4) is 0 Å². The van der Waals surface area contributed by atoms with Crippen LogP contribution in [-0.4, -0.2) is 28.3 Å². The topological polar surface area (TPSA) is 81.3 Å². The lowest BCUT2D eigenvalue weighted by Crippen LogP contribution is -2.27. The van der Waals surface area contributed by atoms with E-state index in [1.807, 2.05) is 42.3 Å². The normalized spacial score (nSPS) is 10.6. The average molecular weight is 385 g/mol. The molecule has 0 atom stereocenters. The van der Waals surface area contributed by atoms with Crippen LogP contribution in [0.5, 0.6) is 0 Å². The Bertz CT molecular complexity index is 1000. The highest BCUT2D eigenvalue weighted by atomic mass is 35.5. The fraction of sp³-hybridized carbons (Fsp3) is 0.158.